The van der Waals surface area contributed by atoms with Gasteiger partial charge in [0.15, 0.2) is 0 Å². The maximum Gasteiger partial charge on any atom is 0.227 e. The molecule has 0 aromatic carbocycles. The number of carbonyl (C=O) groups excluding carboxylic acids is 2. The van der Waals surface area contributed by atoms with E-state index in [4.69, 9.17) is 0 Å². The summed E-state index contributed by atoms with van der Waals surface area (Å²) in [5.41, 5.74) is 0. The molecule has 0 radical (unpaired) electrons. The van der Waals surface area contributed by atoms with Gasteiger partial charge in [-0.3, -0.25) is 9.59 Å². The van der Waals surface area contributed by atoms with Crippen molar-refractivity contribution in [2.45, 2.75) is 73.8 Å². The van der Waals surface area contributed by atoms with Crippen LogP contribution in [0.15, 0.2) is 0 Å². The Balaban J connectivity index is 4.77. The molecule has 0 aliphatic carbocycles. The van der Waals surface area contributed by atoms with Gasteiger partial charge in [0.25, 0.3) is 0 Å². The van der Waals surface area contributed by atoms with E-state index in [2.05, 4.69) is 52.2 Å². The van der Waals surface area contributed by atoms with E-state index in [0.29, 0.717) is 36.6 Å². The standard InChI is InChI=1S/C22H45N3O2/c1-10-16(5)21(17(6)11-2)25(9)22(27)18(7)13-24-20(26)12-19(14-23-8)15(3)4/h15-19,21,23H,10-14H2,1-9H3,(H,24,26)/t16-,17+,18?,19?,21?. The minimum atomic E-state index is -0.212. The van der Waals surface area contributed by atoms with E-state index in [9.17, 15) is 9.59 Å². The van der Waals surface area contributed by atoms with Gasteiger partial charge in [0, 0.05) is 26.1 Å². The highest BCUT2D eigenvalue weighted by Gasteiger charge is 2.31. The lowest BCUT2D eigenvalue weighted by atomic mass is 9.85. The number of carbonyl (C=O) groups is 2. The molecule has 0 aliphatic heterocycles. The molecule has 0 saturated heterocycles. The van der Waals surface area contributed by atoms with Crippen molar-refractivity contribution in [2.75, 3.05) is 27.2 Å². The van der Waals surface area contributed by atoms with Crippen LogP contribution in [0.5, 0.6) is 0 Å². The zero-order chi connectivity index (χ0) is 21.1. The molecule has 3 unspecified atom stereocenters. The van der Waals surface area contributed by atoms with Crippen LogP contribution in [0, 0.1) is 29.6 Å². The van der Waals surface area contributed by atoms with Gasteiger partial charge in [0.2, 0.25) is 11.8 Å². The Morgan fingerprint density at radius 2 is 1.44 bits per heavy atom. The fourth-order valence-electron chi connectivity index (χ4n) is 3.77. The Hall–Kier alpha value is -1.10. The van der Waals surface area contributed by atoms with Crippen LogP contribution in [-0.4, -0.2) is 49.9 Å². The SMILES string of the molecule is CC[C@@H](C)C([C@@H](C)CC)N(C)C(=O)C(C)CNC(=O)CC(CNC)C(C)C. The lowest BCUT2D eigenvalue weighted by Crippen LogP contribution is -2.48. The predicted octanol–water partition coefficient (Wildman–Crippen LogP) is 3.54. The van der Waals surface area contributed by atoms with E-state index in [1.165, 1.54) is 0 Å². The van der Waals surface area contributed by atoms with E-state index in [1.807, 2.05) is 25.9 Å². The van der Waals surface area contributed by atoms with E-state index in [-0.39, 0.29) is 23.8 Å². The maximum atomic E-state index is 12.9. The molecule has 5 nitrogen and oxygen atoms in total. The van der Waals surface area contributed by atoms with Crippen LogP contribution in [0.25, 0.3) is 0 Å². The molecule has 0 bridgehead atoms. The third kappa shape index (κ3) is 8.63. The summed E-state index contributed by atoms with van der Waals surface area (Å²) in [5.74, 6) is 1.62. The van der Waals surface area contributed by atoms with Gasteiger partial charge >= 0.3 is 0 Å². The second-order valence-electron chi connectivity index (χ2n) is 8.68. The average Bonchev–Trinajstić information content (AvgIpc) is 2.64. The van der Waals surface area contributed by atoms with Crippen molar-refractivity contribution < 1.29 is 9.59 Å². The first kappa shape index (κ1) is 25.9. The molecule has 0 aliphatic rings. The average molecular weight is 384 g/mol. The number of rotatable bonds is 13. The van der Waals surface area contributed by atoms with Gasteiger partial charge in [0.05, 0.1) is 5.92 Å². The summed E-state index contributed by atoms with van der Waals surface area (Å²) < 4.78 is 0. The van der Waals surface area contributed by atoms with Gasteiger partial charge in [-0.15, -0.1) is 0 Å². The number of hydrogen-bond acceptors (Lipinski definition) is 3. The van der Waals surface area contributed by atoms with Crippen LogP contribution in [0.1, 0.15) is 67.7 Å². The van der Waals surface area contributed by atoms with Gasteiger partial charge < -0.3 is 15.5 Å². The smallest absolute Gasteiger partial charge is 0.227 e. The van der Waals surface area contributed by atoms with Gasteiger partial charge in [0.1, 0.15) is 0 Å². The van der Waals surface area contributed by atoms with Crippen LogP contribution in [-0.2, 0) is 9.59 Å². The molecule has 2 N–H and O–H groups in total. The third-order valence-electron chi connectivity index (χ3n) is 6.13. The minimum absolute atomic E-state index is 0.0339. The highest BCUT2D eigenvalue weighted by molar-refractivity contribution is 5.81. The summed E-state index contributed by atoms with van der Waals surface area (Å²) in [5, 5.41) is 6.13. The van der Waals surface area contributed by atoms with Crippen molar-refractivity contribution in [3.8, 4) is 0 Å². The van der Waals surface area contributed by atoms with Crippen LogP contribution >= 0.6 is 0 Å². The quantitative estimate of drug-likeness (QED) is 0.511. The molecule has 0 rings (SSSR count). The first-order valence-electron chi connectivity index (χ1n) is 10.8. The molecule has 0 heterocycles. The van der Waals surface area contributed by atoms with Crippen molar-refractivity contribution in [3.63, 3.8) is 0 Å². The Morgan fingerprint density at radius 3 is 1.85 bits per heavy atom. The molecule has 2 amide bonds. The Kier molecular flexibility index (Phi) is 12.6. The van der Waals surface area contributed by atoms with Crippen LogP contribution < -0.4 is 10.6 Å². The van der Waals surface area contributed by atoms with Gasteiger partial charge in [-0.05, 0) is 37.3 Å². The molecular formula is C22H45N3O2. The molecule has 0 saturated carbocycles. The number of hydrogen-bond donors (Lipinski definition) is 2. The zero-order valence-electron chi connectivity index (χ0n) is 19.3. The van der Waals surface area contributed by atoms with Crippen molar-refractivity contribution >= 4 is 11.8 Å². The van der Waals surface area contributed by atoms with Gasteiger partial charge in [-0.2, -0.15) is 0 Å². The molecule has 0 aromatic rings. The molecule has 0 spiro atoms. The molecule has 160 valence electrons. The maximum absolute atomic E-state index is 12.9. The first-order valence-corrected chi connectivity index (χ1v) is 10.8. The Bertz CT molecular complexity index is 429. The summed E-state index contributed by atoms with van der Waals surface area (Å²) >= 11 is 0. The van der Waals surface area contributed by atoms with E-state index >= 15 is 0 Å². The second kappa shape index (κ2) is 13.1. The fraction of sp³-hybridized carbons (Fsp3) is 0.909. The van der Waals surface area contributed by atoms with Crippen LogP contribution in [0.3, 0.4) is 0 Å². The molecule has 5 heteroatoms. The normalized spacial score (nSPS) is 17.1. The highest BCUT2D eigenvalue weighted by atomic mass is 16.2. The van der Waals surface area contributed by atoms with Crippen LogP contribution in [0.2, 0.25) is 0 Å². The number of amides is 2. The molecule has 0 aromatic heterocycles. The monoisotopic (exact) mass is 383 g/mol. The lowest BCUT2D eigenvalue weighted by molar-refractivity contribution is -0.138. The summed E-state index contributed by atoms with van der Waals surface area (Å²) in [4.78, 5) is 27.2. The number of nitrogens with zero attached hydrogens (tertiary/aromatic N) is 1. The van der Waals surface area contributed by atoms with Crippen molar-refractivity contribution in [1.29, 1.82) is 0 Å². The summed E-state index contributed by atoms with van der Waals surface area (Å²) in [7, 11) is 3.83. The molecule has 5 atom stereocenters. The minimum Gasteiger partial charge on any atom is -0.355 e. The van der Waals surface area contributed by atoms with E-state index in [1.54, 1.807) is 0 Å². The number of nitrogens with one attached hydrogen (secondary N) is 2. The third-order valence-corrected chi connectivity index (χ3v) is 6.13. The molecule has 27 heavy (non-hydrogen) atoms. The van der Waals surface area contributed by atoms with Crippen molar-refractivity contribution in [3.05, 3.63) is 0 Å². The van der Waals surface area contributed by atoms with Crippen molar-refractivity contribution in [1.82, 2.24) is 15.5 Å². The molecule has 0 fully saturated rings. The largest absolute Gasteiger partial charge is 0.355 e. The zero-order valence-corrected chi connectivity index (χ0v) is 19.3. The summed E-state index contributed by atoms with van der Waals surface area (Å²) in [6.45, 7) is 16.2. The van der Waals surface area contributed by atoms with Gasteiger partial charge in [-0.25, -0.2) is 0 Å². The Labute approximate surface area is 168 Å². The molecular weight excluding hydrogens is 338 g/mol. The predicted molar refractivity (Wildman–Crippen MR) is 115 cm³/mol. The Morgan fingerprint density at radius 1 is 0.926 bits per heavy atom. The van der Waals surface area contributed by atoms with E-state index in [0.717, 1.165) is 19.4 Å². The lowest BCUT2D eigenvalue weighted by Gasteiger charge is -2.38. The van der Waals surface area contributed by atoms with Crippen LogP contribution in [0.4, 0.5) is 0 Å². The summed E-state index contributed by atoms with van der Waals surface area (Å²) in [6.07, 6.45) is 2.61. The second-order valence-corrected chi connectivity index (χ2v) is 8.68. The highest BCUT2D eigenvalue weighted by Crippen LogP contribution is 2.25. The fourth-order valence-corrected chi connectivity index (χ4v) is 3.77. The van der Waals surface area contributed by atoms with Crippen molar-refractivity contribution in [2.24, 2.45) is 29.6 Å². The first-order chi connectivity index (χ1) is 12.6. The van der Waals surface area contributed by atoms with E-state index < -0.39 is 0 Å². The summed E-state index contributed by atoms with van der Waals surface area (Å²) in [6, 6.07) is 0.242. The topological polar surface area (TPSA) is 61.4 Å². The van der Waals surface area contributed by atoms with Gasteiger partial charge in [-0.1, -0.05) is 61.3 Å².